The van der Waals surface area contributed by atoms with E-state index in [1.54, 1.807) is 19.3 Å². The average Bonchev–Trinajstić information content (AvgIpc) is 2.86. The molecule has 0 spiro atoms. The van der Waals surface area contributed by atoms with Gasteiger partial charge in [0.2, 0.25) is 5.95 Å². The molecule has 2 N–H and O–H groups in total. The molecule has 0 unspecified atom stereocenters. The summed E-state index contributed by atoms with van der Waals surface area (Å²) in [6.07, 6.45) is 4.10. The number of aldehydes is 1. The van der Waals surface area contributed by atoms with Crippen LogP contribution in [0.15, 0.2) is 35.3 Å². The number of amides is 1. The molecule has 1 amide bonds. The van der Waals surface area contributed by atoms with Crippen molar-refractivity contribution in [3.8, 4) is 5.75 Å². The standard InChI is InChI=1S/C23H25ClN6O4/c1-25-20(32)13-34-19-10-15-9-16(3-4-18(15)29(2)22(19)33)27-21-17(24)11-26-23(28-21)30-7-5-14(12-31)6-8-30/h3-4,9-12,14H,5-8,13H2,1-2H3,(H,25,32)(H,26,27,28). The van der Waals surface area contributed by atoms with E-state index in [0.717, 1.165) is 24.5 Å². The van der Waals surface area contributed by atoms with Crippen LogP contribution in [0.5, 0.6) is 5.75 Å². The lowest BCUT2D eigenvalue weighted by molar-refractivity contribution is -0.122. The number of fused-ring (bicyclic) bond motifs is 1. The van der Waals surface area contributed by atoms with Gasteiger partial charge in [0.15, 0.2) is 18.2 Å². The van der Waals surface area contributed by atoms with Crippen LogP contribution in [0.3, 0.4) is 0 Å². The number of aryl methyl sites for hydroxylation is 1. The van der Waals surface area contributed by atoms with E-state index in [-0.39, 0.29) is 29.7 Å². The molecular weight excluding hydrogens is 460 g/mol. The Morgan fingerprint density at radius 3 is 2.76 bits per heavy atom. The highest BCUT2D eigenvalue weighted by Crippen LogP contribution is 2.28. The molecule has 1 fully saturated rings. The number of pyridine rings is 1. The summed E-state index contributed by atoms with van der Waals surface area (Å²) in [5, 5.41) is 6.77. The summed E-state index contributed by atoms with van der Waals surface area (Å²) < 4.78 is 6.89. The number of nitrogens with one attached hydrogen (secondary N) is 2. The van der Waals surface area contributed by atoms with E-state index >= 15 is 0 Å². The number of ether oxygens (including phenoxy) is 1. The summed E-state index contributed by atoms with van der Waals surface area (Å²) in [7, 11) is 3.14. The molecule has 2 aromatic heterocycles. The van der Waals surface area contributed by atoms with Crippen LogP contribution in [0.25, 0.3) is 10.9 Å². The monoisotopic (exact) mass is 484 g/mol. The first-order chi connectivity index (χ1) is 16.4. The molecule has 1 aliphatic heterocycles. The van der Waals surface area contributed by atoms with Crippen LogP contribution < -0.4 is 25.8 Å². The van der Waals surface area contributed by atoms with Gasteiger partial charge in [-0.2, -0.15) is 4.98 Å². The summed E-state index contributed by atoms with van der Waals surface area (Å²) in [5.41, 5.74) is 1.07. The molecule has 10 nitrogen and oxygen atoms in total. The van der Waals surface area contributed by atoms with Gasteiger partial charge in [0.1, 0.15) is 11.3 Å². The van der Waals surface area contributed by atoms with E-state index in [1.807, 2.05) is 23.1 Å². The first kappa shape index (κ1) is 23.5. The van der Waals surface area contributed by atoms with Crippen molar-refractivity contribution in [2.24, 2.45) is 13.0 Å². The average molecular weight is 485 g/mol. The number of hydrogen-bond acceptors (Lipinski definition) is 8. The Morgan fingerprint density at radius 1 is 1.29 bits per heavy atom. The largest absolute Gasteiger partial charge is 0.478 e. The lowest BCUT2D eigenvalue weighted by atomic mass is 9.99. The molecule has 0 saturated carbocycles. The molecule has 1 aliphatic rings. The number of rotatable bonds is 7. The minimum atomic E-state index is -0.334. The van der Waals surface area contributed by atoms with Gasteiger partial charge < -0.3 is 29.6 Å². The van der Waals surface area contributed by atoms with E-state index in [2.05, 4.69) is 20.6 Å². The van der Waals surface area contributed by atoms with Gasteiger partial charge in [-0.15, -0.1) is 0 Å². The highest BCUT2D eigenvalue weighted by Gasteiger charge is 2.21. The number of anilines is 3. The minimum Gasteiger partial charge on any atom is -0.478 e. The maximum Gasteiger partial charge on any atom is 0.293 e. The van der Waals surface area contributed by atoms with Crippen molar-refractivity contribution in [1.29, 1.82) is 0 Å². The number of benzene rings is 1. The number of likely N-dealkylation sites (N-methyl/N-ethyl adjacent to an activating group) is 1. The molecule has 178 valence electrons. The Kier molecular flexibility index (Phi) is 6.97. The Morgan fingerprint density at radius 2 is 2.06 bits per heavy atom. The van der Waals surface area contributed by atoms with Crippen LogP contribution in [0.4, 0.5) is 17.5 Å². The summed E-state index contributed by atoms with van der Waals surface area (Å²) >= 11 is 6.35. The number of halogens is 1. The zero-order chi connectivity index (χ0) is 24.2. The van der Waals surface area contributed by atoms with E-state index in [1.165, 1.54) is 11.6 Å². The summed E-state index contributed by atoms with van der Waals surface area (Å²) in [6.45, 7) is 1.15. The van der Waals surface area contributed by atoms with Crippen molar-refractivity contribution in [1.82, 2.24) is 19.9 Å². The Bertz CT molecular complexity index is 1290. The van der Waals surface area contributed by atoms with E-state index in [0.29, 0.717) is 41.1 Å². The van der Waals surface area contributed by atoms with Gasteiger partial charge >= 0.3 is 0 Å². The van der Waals surface area contributed by atoms with Gasteiger partial charge in [-0.1, -0.05) is 11.6 Å². The van der Waals surface area contributed by atoms with E-state index < -0.39 is 0 Å². The van der Waals surface area contributed by atoms with Crippen molar-refractivity contribution in [3.05, 3.63) is 45.8 Å². The zero-order valence-corrected chi connectivity index (χ0v) is 19.6. The van der Waals surface area contributed by atoms with Gasteiger partial charge in [0, 0.05) is 44.2 Å². The van der Waals surface area contributed by atoms with Crippen LogP contribution in [-0.4, -0.2) is 53.5 Å². The number of hydrogen-bond donors (Lipinski definition) is 2. The Labute approximate surface area is 200 Å². The molecule has 4 rings (SSSR count). The zero-order valence-electron chi connectivity index (χ0n) is 18.9. The molecule has 1 aromatic carbocycles. The fourth-order valence-electron chi connectivity index (χ4n) is 3.82. The second-order valence-electron chi connectivity index (χ2n) is 8.06. The van der Waals surface area contributed by atoms with Crippen molar-refractivity contribution < 1.29 is 14.3 Å². The molecule has 1 saturated heterocycles. The third kappa shape index (κ3) is 4.96. The van der Waals surface area contributed by atoms with Gasteiger partial charge in [0.25, 0.3) is 11.5 Å². The summed E-state index contributed by atoms with van der Waals surface area (Å²) in [4.78, 5) is 46.1. The molecule has 34 heavy (non-hydrogen) atoms. The fraction of sp³-hybridized carbons (Fsp3) is 0.348. The normalized spacial score (nSPS) is 14.1. The van der Waals surface area contributed by atoms with Gasteiger partial charge in [0.05, 0.1) is 11.7 Å². The van der Waals surface area contributed by atoms with Gasteiger partial charge in [-0.25, -0.2) is 4.98 Å². The van der Waals surface area contributed by atoms with Crippen LogP contribution in [0.2, 0.25) is 5.02 Å². The molecule has 3 aromatic rings. The van der Waals surface area contributed by atoms with Crippen LogP contribution >= 0.6 is 11.6 Å². The molecule has 0 aliphatic carbocycles. The highest BCUT2D eigenvalue weighted by molar-refractivity contribution is 6.32. The number of carbonyl (C=O) groups excluding carboxylic acids is 2. The van der Waals surface area contributed by atoms with Gasteiger partial charge in [-0.05, 0) is 37.1 Å². The molecule has 3 heterocycles. The first-order valence-electron chi connectivity index (χ1n) is 10.9. The predicted molar refractivity (Wildman–Crippen MR) is 130 cm³/mol. The number of nitrogens with zero attached hydrogens (tertiary/aromatic N) is 4. The Hall–Kier alpha value is -3.66. The molecular formula is C23H25ClN6O4. The van der Waals surface area contributed by atoms with Crippen molar-refractivity contribution in [2.75, 3.05) is 37.0 Å². The highest BCUT2D eigenvalue weighted by atomic mass is 35.5. The van der Waals surface area contributed by atoms with Crippen LogP contribution in [-0.2, 0) is 16.6 Å². The number of aromatic nitrogens is 3. The predicted octanol–water partition coefficient (Wildman–Crippen LogP) is 2.27. The summed E-state index contributed by atoms with van der Waals surface area (Å²) in [6, 6.07) is 7.08. The van der Waals surface area contributed by atoms with E-state index in [4.69, 9.17) is 16.3 Å². The van der Waals surface area contributed by atoms with Crippen LogP contribution in [0, 0.1) is 5.92 Å². The van der Waals surface area contributed by atoms with Gasteiger partial charge in [-0.3, -0.25) is 9.59 Å². The Balaban J connectivity index is 1.59. The van der Waals surface area contributed by atoms with Crippen molar-refractivity contribution >= 4 is 52.2 Å². The lowest BCUT2D eigenvalue weighted by Gasteiger charge is -2.29. The molecule has 0 radical (unpaired) electrons. The lowest BCUT2D eigenvalue weighted by Crippen LogP contribution is -2.35. The number of carbonyl (C=O) groups is 2. The van der Waals surface area contributed by atoms with Crippen molar-refractivity contribution in [2.45, 2.75) is 12.8 Å². The first-order valence-corrected chi connectivity index (χ1v) is 11.2. The fourth-order valence-corrected chi connectivity index (χ4v) is 3.96. The number of piperidine rings is 1. The smallest absolute Gasteiger partial charge is 0.293 e. The topological polar surface area (TPSA) is 118 Å². The SMILES string of the molecule is CNC(=O)COc1cc2cc(Nc3nc(N4CCC(C=O)CC4)ncc3Cl)ccc2n(C)c1=O. The maximum atomic E-state index is 12.6. The molecule has 0 bridgehead atoms. The molecule has 0 atom stereocenters. The van der Waals surface area contributed by atoms with Crippen LogP contribution in [0.1, 0.15) is 12.8 Å². The minimum absolute atomic E-state index is 0.0804. The second kappa shape index (κ2) is 10.1. The maximum absolute atomic E-state index is 12.6. The van der Waals surface area contributed by atoms with E-state index in [9.17, 15) is 14.4 Å². The quantitative estimate of drug-likeness (QED) is 0.490. The summed E-state index contributed by atoms with van der Waals surface area (Å²) in [5.74, 6) is 0.827. The third-order valence-corrected chi connectivity index (χ3v) is 6.11. The van der Waals surface area contributed by atoms with Crippen molar-refractivity contribution in [3.63, 3.8) is 0 Å². The molecule has 11 heteroatoms. The second-order valence-corrected chi connectivity index (χ2v) is 8.47. The third-order valence-electron chi connectivity index (χ3n) is 5.84.